The lowest BCUT2D eigenvalue weighted by molar-refractivity contribution is -0.302. The molecule has 454 valence electrons. The molecule has 1 saturated heterocycles. The second kappa shape index (κ2) is 56.0. The van der Waals surface area contributed by atoms with Crippen LogP contribution in [0.1, 0.15) is 322 Å². The number of allylic oxidation sites excluding steroid dienone is 3. The minimum Gasteiger partial charge on any atom is -0.466 e. The smallest absolute Gasteiger partial charge is 0.305 e. The highest BCUT2D eigenvalue weighted by Gasteiger charge is 2.44. The number of aliphatic hydroxyl groups is 5. The van der Waals surface area contributed by atoms with E-state index in [9.17, 15) is 35.1 Å². The van der Waals surface area contributed by atoms with Gasteiger partial charge >= 0.3 is 5.97 Å². The third-order valence-electron chi connectivity index (χ3n) is 15.8. The van der Waals surface area contributed by atoms with Gasteiger partial charge in [0.15, 0.2) is 6.29 Å². The minimum atomic E-state index is -1.58. The van der Waals surface area contributed by atoms with Crippen LogP contribution >= 0.6 is 0 Å². The van der Waals surface area contributed by atoms with Crippen LogP contribution in [0.3, 0.4) is 0 Å². The van der Waals surface area contributed by atoms with Gasteiger partial charge in [-0.1, -0.05) is 289 Å². The molecular formula is C66H125NO10. The first-order valence-corrected chi connectivity index (χ1v) is 33.1. The molecule has 6 N–H and O–H groups in total. The molecule has 1 aliphatic rings. The van der Waals surface area contributed by atoms with Gasteiger partial charge in [0.05, 0.1) is 32.0 Å². The van der Waals surface area contributed by atoms with E-state index in [1.807, 2.05) is 6.08 Å². The lowest BCUT2D eigenvalue weighted by atomic mass is 9.99. The van der Waals surface area contributed by atoms with Crippen molar-refractivity contribution >= 4 is 11.9 Å². The van der Waals surface area contributed by atoms with E-state index in [0.29, 0.717) is 19.4 Å². The molecule has 0 radical (unpaired) electrons. The van der Waals surface area contributed by atoms with Crippen molar-refractivity contribution in [1.82, 2.24) is 5.32 Å². The van der Waals surface area contributed by atoms with Gasteiger partial charge in [0.25, 0.3) is 0 Å². The number of unbranched alkanes of at least 4 members (excludes halogenated alkanes) is 42. The first kappa shape index (κ1) is 73.2. The fraction of sp³-hybridized carbons (Fsp3) is 0.909. The summed E-state index contributed by atoms with van der Waals surface area (Å²) in [5.41, 5.74) is 0. The van der Waals surface area contributed by atoms with Crippen LogP contribution in [0.5, 0.6) is 0 Å². The summed E-state index contributed by atoms with van der Waals surface area (Å²) in [6.45, 7) is 4.34. The van der Waals surface area contributed by atoms with Crippen LogP contribution in [0.15, 0.2) is 24.3 Å². The predicted molar refractivity (Wildman–Crippen MR) is 320 cm³/mol. The lowest BCUT2D eigenvalue weighted by Gasteiger charge is -2.40. The molecule has 1 aliphatic heterocycles. The Kier molecular flexibility index (Phi) is 53.2. The Labute approximate surface area is 473 Å². The Balaban J connectivity index is 2.01. The van der Waals surface area contributed by atoms with Crippen molar-refractivity contribution in [2.75, 3.05) is 19.8 Å². The first-order valence-electron chi connectivity index (χ1n) is 33.1. The van der Waals surface area contributed by atoms with Gasteiger partial charge in [0.1, 0.15) is 24.4 Å². The van der Waals surface area contributed by atoms with Gasteiger partial charge in [-0.25, -0.2) is 0 Å². The largest absolute Gasteiger partial charge is 0.466 e. The van der Waals surface area contributed by atoms with E-state index in [2.05, 4.69) is 31.3 Å². The van der Waals surface area contributed by atoms with E-state index in [-0.39, 0.29) is 18.5 Å². The van der Waals surface area contributed by atoms with Crippen LogP contribution in [0, 0.1) is 0 Å². The van der Waals surface area contributed by atoms with Crippen molar-refractivity contribution in [3.8, 4) is 0 Å². The number of hydrogen-bond acceptors (Lipinski definition) is 10. The van der Waals surface area contributed by atoms with Gasteiger partial charge in [-0.05, 0) is 44.9 Å². The highest BCUT2D eigenvalue weighted by Crippen LogP contribution is 2.23. The van der Waals surface area contributed by atoms with Gasteiger partial charge in [-0.2, -0.15) is 0 Å². The van der Waals surface area contributed by atoms with Crippen molar-refractivity contribution in [1.29, 1.82) is 0 Å². The monoisotopic (exact) mass is 1090 g/mol. The summed E-state index contributed by atoms with van der Waals surface area (Å²) in [5.74, 6) is -0.183. The molecule has 11 nitrogen and oxygen atoms in total. The molecular weight excluding hydrogens is 967 g/mol. The van der Waals surface area contributed by atoms with E-state index < -0.39 is 49.5 Å². The normalized spacial score (nSPS) is 18.7. The number of nitrogens with one attached hydrogen (secondary N) is 1. The average molecular weight is 1090 g/mol. The molecule has 0 saturated carbocycles. The van der Waals surface area contributed by atoms with E-state index in [4.69, 9.17) is 14.2 Å². The summed E-state index contributed by atoms with van der Waals surface area (Å²) >= 11 is 0. The van der Waals surface area contributed by atoms with E-state index >= 15 is 0 Å². The molecule has 77 heavy (non-hydrogen) atoms. The van der Waals surface area contributed by atoms with Crippen molar-refractivity contribution in [2.24, 2.45) is 0 Å². The Hall–Kier alpha value is -1.86. The number of rotatable bonds is 58. The van der Waals surface area contributed by atoms with Crippen LogP contribution in [0.4, 0.5) is 0 Å². The molecule has 0 aliphatic carbocycles. The van der Waals surface area contributed by atoms with Crippen molar-refractivity contribution in [3.05, 3.63) is 24.3 Å². The second-order valence-corrected chi connectivity index (χ2v) is 23.2. The fourth-order valence-corrected chi connectivity index (χ4v) is 10.6. The maximum absolute atomic E-state index is 13.0. The number of amides is 1. The average Bonchev–Trinajstić information content (AvgIpc) is 3.43. The maximum Gasteiger partial charge on any atom is 0.305 e. The van der Waals surface area contributed by atoms with E-state index in [1.165, 1.54) is 238 Å². The molecule has 0 spiro atoms. The number of aliphatic hydroxyl groups excluding tert-OH is 5. The topological polar surface area (TPSA) is 175 Å². The molecule has 1 fully saturated rings. The van der Waals surface area contributed by atoms with Crippen LogP contribution < -0.4 is 5.32 Å². The molecule has 11 heteroatoms. The van der Waals surface area contributed by atoms with Crippen LogP contribution in [-0.2, 0) is 23.8 Å². The fourth-order valence-electron chi connectivity index (χ4n) is 10.6. The Bertz CT molecular complexity index is 1330. The third kappa shape index (κ3) is 45.4. The van der Waals surface area contributed by atoms with Crippen molar-refractivity contribution in [3.63, 3.8) is 0 Å². The zero-order chi connectivity index (χ0) is 55.9. The van der Waals surface area contributed by atoms with E-state index in [0.717, 1.165) is 57.8 Å². The van der Waals surface area contributed by atoms with Gasteiger partial charge in [-0.15, -0.1) is 0 Å². The van der Waals surface area contributed by atoms with E-state index in [1.54, 1.807) is 6.08 Å². The zero-order valence-corrected chi connectivity index (χ0v) is 50.2. The summed E-state index contributed by atoms with van der Waals surface area (Å²) < 4.78 is 16.7. The summed E-state index contributed by atoms with van der Waals surface area (Å²) in [7, 11) is 0. The second-order valence-electron chi connectivity index (χ2n) is 23.2. The SMILES string of the molecule is CCCCCCCCC/C=C/CC/C=C/C(O)C(COC1OC(CO)C(O)C(O)C1O)NC(=O)CCCCCCCCCCCCCCCCCCCCCCCCCCCOC(=O)CCCCCCCCCCCCC. The van der Waals surface area contributed by atoms with Gasteiger partial charge in [0.2, 0.25) is 5.91 Å². The third-order valence-corrected chi connectivity index (χ3v) is 15.8. The highest BCUT2D eigenvalue weighted by atomic mass is 16.7. The molecule has 1 rings (SSSR count). The summed E-state index contributed by atoms with van der Waals surface area (Å²) in [4.78, 5) is 25.1. The Morgan fingerprint density at radius 1 is 0.468 bits per heavy atom. The summed E-state index contributed by atoms with van der Waals surface area (Å²) in [6, 6.07) is -0.825. The zero-order valence-electron chi connectivity index (χ0n) is 50.2. The Morgan fingerprint density at radius 2 is 0.844 bits per heavy atom. The van der Waals surface area contributed by atoms with Gasteiger partial charge in [0, 0.05) is 12.8 Å². The number of carbonyl (C=O) groups excluding carboxylic acids is 2. The predicted octanol–water partition coefficient (Wildman–Crippen LogP) is 16.1. The minimum absolute atomic E-state index is 0.00554. The molecule has 0 aromatic heterocycles. The lowest BCUT2D eigenvalue weighted by Crippen LogP contribution is -2.60. The molecule has 0 bridgehead atoms. The number of hydrogen-bond donors (Lipinski definition) is 6. The van der Waals surface area contributed by atoms with Crippen LogP contribution in [-0.4, -0.2) is 100 Å². The standard InChI is InChI=1S/C66H125NO10/c1-3-5-7-9-11-13-15-29-33-36-40-44-48-52-59(69)58(57-76-66-65(74)64(73)63(72)60(56-68)77-66)67-61(70)53-49-45-41-37-34-30-27-25-23-21-19-17-16-18-20-22-24-26-28-31-35-39-43-47-51-55-75-62(71)54-50-46-42-38-32-14-12-10-8-6-4-2/h33,36,48,52,58-60,63-66,68-69,72-74H,3-32,34-35,37-47,49-51,53-57H2,1-2H3,(H,67,70)/b36-33+,52-48+. The van der Waals surface area contributed by atoms with Gasteiger partial charge < -0.3 is 45.1 Å². The molecule has 0 aromatic carbocycles. The van der Waals surface area contributed by atoms with Crippen molar-refractivity contribution < 1.29 is 49.3 Å². The molecule has 1 heterocycles. The van der Waals surface area contributed by atoms with Crippen LogP contribution in [0.25, 0.3) is 0 Å². The van der Waals surface area contributed by atoms with Crippen LogP contribution in [0.2, 0.25) is 0 Å². The Morgan fingerprint density at radius 3 is 1.29 bits per heavy atom. The number of carbonyl (C=O) groups is 2. The summed E-state index contributed by atoms with van der Waals surface area (Å²) in [6.07, 6.45) is 58.6. The maximum atomic E-state index is 13.0. The summed E-state index contributed by atoms with van der Waals surface area (Å²) in [5, 5.41) is 54.4. The number of ether oxygens (including phenoxy) is 3. The highest BCUT2D eigenvalue weighted by molar-refractivity contribution is 5.76. The first-order chi connectivity index (χ1) is 37.7. The molecule has 7 atom stereocenters. The molecule has 7 unspecified atom stereocenters. The van der Waals surface area contributed by atoms with Gasteiger partial charge in [-0.3, -0.25) is 9.59 Å². The molecule has 1 amide bonds. The van der Waals surface area contributed by atoms with Crippen molar-refractivity contribution in [2.45, 2.75) is 365 Å². The molecule has 0 aromatic rings. The quantitative estimate of drug-likeness (QED) is 0.0195. The number of esters is 1.